The molecule has 30 heavy (non-hydrogen) atoms. The Morgan fingerprint density at radius 1 is 1.07 bits per heavy atom. The molecule has 9 nitrogen and oxygen atoms in total. The van der Waals surface area contributed by atoms with Gasteiger partial charge in [0.25, 0.3) is 11.6 Å². The van der Waals surface area contributed by atoms with Gasteiger partial charge in [-0.3, -0.25) is 4.79 Å². The van der Waals surface area contributed by atoms with E-state index in [0.29, 0.717) is 33.7 Å². The maximum atomic E-state index is 13.1. The van der Waals surface area contributed by atoms with Gasteiger partial charge in [0.15, 0.2) is 0 Å². The van der Waals surface area contributed by atoms with Crippen LogP contribution in [-0.2, 0) is 0 Å². The minimum absolute atomic E-state index is 0.277. The van der Waals surface area contributed by atoms with Crippen molar-refractivity contribution < 1.29 is 9.32 Å². The third-order valence-corrected chi connectivity index (χ3v) is 4.67. The number of tetrazole rings is 1. The highest BCUT2D eigenvalue weighted by Gasteiger charge is 2.19. The van der Waals surface area contributed by atoms with E-state index in [1.165, 1.54) is 11.0 Å². The Morgan fingerprint density at radius 2 is 1.87 bits per heavy atom. The van der Waals surface area contributed by atoms with Crippen molar-refractivity contribution in [3.8, 4) is 16.9 Å². The first-order chi connectivity index (χ1) is 14.7. The lowest BCUT2D eigenvalue weighted by Crippen LogP contribution is -2.13. The van der Waals surface area contributed by atoms with Crippen LogP contribution in [0.25, 0.3) is 28.0 Å². The first kappa shape index (κ1) is 17.7. The number of rotatable bonds is 4. The molecule has 5 rings (SSSR count). The van der Waals surface area contributed by atoms with Gasteiger partial charge in [-0.2, -0.15) is 0 Å². The first-order valence-corrected chi connectivity index (χ1v) is 9.16. The second-order valence-electron chi connectivity index (χ2n) is 6.62. The second kappa shape index (κ2) is 7.21. The summed E-state index contributed by atoms with van der Waals surface area (Å²) in [6.07, 6.45) is 1.50. The molecule has 0 aliphatic carbocycles. The highest BCUT2D eigenvalue weighted by Crippen LogP contribution is 2.27. The van der Waals surface area contributed by atoms with Gasteiger partial charge in [-0.05, 0) is 47.7 Å². The number of carbonyl (C=O) groups excluding carboxylic acids is 1. The van der Waals surface area contributed by atoms with Crippen molar-refractivity contribution in [2.45, 2.75) is 6.92 Å². The normalized spacial score (nSPS) is 11.0. The Labute approximate surface area is 170 Å². The molecule has 0 saturated heterocycles. The fourth-order valence-corrected chi connectivity index (χ4v) is 3.21. The molecule has 146 valence electrons. The number of fused-ring (bicyclic) bond motifs is 1. The molecule has 2 aromatic carbocycles. The molecule has 0 atom stereocenters. The maximum absolute atomic E-state index is 13.1. The number of anilines is 1. The van der Waals surface area contributed by atoms with Crippen LogP contribution in [0.5, 0.6) is 0 Å². The number of aromatic nitrogens is 6. The molecule has 1 N–H and O–H groups in total. The highest BCUT2D eigenvalue weighted by molar-refractivity contribution is 6.13. The number of amides is 1. The monoisotopic (exact) mass is 397 g/mol. The smallest absolute Gasteiger partial charge is 0.259 e. The van der Waals surface area contributed by atoms with Gasteiger partial charge < -0.3 is 9.84 Å². The van der Waals surface area contributed by atoms with Gasteiger partial charge in [0.2, 0.25) is 0 Å². The van der Waals surface area contributed by atoms with Crippen molar-refractivity contribution in [2.24, 2.45) is 0 Å². The predicted molar refractivity (Wildman–Crippen MR) is 109 cm³/mol. The van der Waals surface area contributed by atoms with Gasteiger partial charge in [-0.1, -0.05) is 35.5 Å². The number of nitrogens with zero attached hydrogens (tertiary/aromatic N) is 6. The summed E-state index contributed by atoms with van der Waals surface area (Å²) in [5.41, 5.74) is 4.32. The van der Waals surface area contributed by atoms with Crippen molar-refractivity contribution in [1.82, 2.24) is 30.3 Å². The summed E-state index contributed by atoms with van der Waals surface area (Å²) in [7, 11) is 0. The van der Waals surface area contributed by atoms with Crippen LogP contribution in [0.15, 0.2) is 71.5 Å². The van der Waals surface area contributed by atoms with Gasteiger partial charge in [0.05, 0.1) is 28.0 Å². The zero-order chi connectivity index (χ0) is 20.5. The Morgan fingerprint density at radius 3 is 2.60 bits per heavy atom. The zero-order valence-corrected chi connectivity index (χ0v) is 15.9. The minimum Gasteiger partial charge on any atom is -0.335 e. The Hall–Kier alpha value is -4.40. The van der Waals surface area contributed by atoms with Gasteiger partial charge in [-0.25, -0.2) is 9.67 Å². The summed E-state index contributed by atoms with van der Waals surface area (Å²) >= 11 is 0. The molecular weight excluding hydrogens is 382 g/mol. The van der Waals surface area contributed by atoms with Crippen LogP contribution in [0.4, 0.5) is 5.69 Å². The van der Waals surface area contributed by atoms with Gasteiger partial charge in [-0.15, -0.1) is 5.10 Å². The lowest BCUT2D eigenvalue weighted by Gasteiger charge is -2.09. The summed E-state index contributed by atoms with van der Waals surface area (Å²) in [5, 5.41) is 18.6. The first-order valence-electron chi connectivity index (χ1n) is 9.16. The molecule has 0 unspecified atom stereocenters. The van der Waals surface area contributed by atoms with Gasteiger partial charge in [0.1, 0.15) is 6.33 Å². The third-order valence-electron chi connectivity index (χ3n) is 4.67. The SMILES string of the molecule is Cc1noc2nc(-c3ccccc3)cc(C(=O)Nc3ccc(-n4cnnn4)cc3)c12. The van der Waals surface area contributed by atoms with Crippen LogP contribution in [0.2, 0.25) is 0 Å². The van der Waals surface area contributed by atoms with E-state index in [1.807, 2.05) is 42.5 Å². The van der Waals surface area contributed by atoms with E-state index < -0.39 is 0 Å². The molecule has 0 fully saturated rings. The van der Waals surface area contributed by atoms with Crippen molar-refractivity contribution in [3.63, 3.8) is 0 Å². The number of nitrogens with one attached hydrogen (secondary N) is 1. The zero-order valence-electron chi connectivity index (χ0n) is 15.9. The van der Waals surface area contributed by atoms with Crippen LogP contribution in [0, 0.1) is 6.92 Å². The number of hydrogen-bond donors (Lipinski definition) is 1. The van der Waals surface area contributed by atoms with E-state index in [0.717, 1.165) is 11.3 Å². The van der Waals surface area contributed by atoms with E-state index in [9.17, 15) is 4.79 Å². The molecule has 3 heterocycles. The van der Waals surface area contributed by atoms with E-state index in [-0.39, 0.29) is 5.91 Å². The summed E-state index contributed by atoms with van der Waals surface area (Å²) in [4.78, 5) is 17.7. The van der Waals surface area contributed by atoms with Crippen LogP contribution in [0.1, 0.15) is 16.1 Å². The van der Waals surface area contributed by atoms with Crippen LogP contribution >= 0.6 is 0 Å². The predicted octanol–water partition coefficient (Wildman–Crippen LogP) is 3.43. The van der Waals surface area contributed by atoms with E-state index in [1.54, 1.807) is 25.1 Å². The molecule has 5 aromatic rings. The number of pyridine rings is 1. The highest BCUT2D eigenvalue weighted by atomic mass is 16.5. The minimum atomic E-state index is -0.277. The summed E-state index contributed by atoms with van der Waals surface area (Å²) in [5.74, 6) is -0.277. The second-order valence-corrected chi connectivity index (χ2v) is 6.62. The molecule has 0 aliphatic heterocycles. The fraction of sp³-hybridized carbons (Fsp3) is 0.0476. The molecule has 3 aromatic heterocycles. The molecule has 9 heteroatoms. The Balaban J connectivity index is 1.50. The van der Waals surface area contributed by atoms with Crippen molar-refractivity contribution in [2.75, 3.05) is 5.32 Å². The van der Waals surface area contributed by atoms with E-state index in [4.69, 9.17) is 4.52 Å². The molecular formula is C21H15N7O2. The number of aryl methyl sites for hydroxylation is 1. The molecule has 0 bridgehead atoms. The lowest BCUT2D eigenvalue weighted by atomic mass is 10.0. The third kappa shape index (κ3) is 3.18. The Bertz CT molecular complexity index is 1330. The Kier molecular flexibility index (Phi) is 4.25. The standard InChI is InChI=1S/C21H15N7O2/c1-13-19-17(11-18(24-21(19)30-25-13)14-5-3-2-4-6-14)20(29)23-15-7-9-16(10-8-15)28-12-22-26-27-28/h2-12H,1H3,(H,23,29). The molecule has 0 radical (unpaired) electrons. The van der Waals surface area contributed by atoms with Gasteiger partial charge >= 0.3 is 0 Å². The quantitative estimate of drug-likeness (QED) is 0.494. The largest absolute Gasteiger partial charge is 0.335 e. The van der Waals surface area contributed by atoms with Crippen molar-refractivity contribution >= 4 is 22.7 Å². The van der Waals surface area contributed by atoms with E-state index in [2.05, 4.69) is 31.0 Å². The topological polar surface area (TPSA) is 112 Å². The summed E-state index contributed by atoms with van der Waals surface area (Å²) in [6, 6.07) is 18.6. The molecule has 0 saturated carbocycles. The van der Waals surface area contributed by atoms with Crippen LogP contribution in [-0.4, -0.2) is 36.3 Å². The molecule has 0 aliphatic rings. The lowest BCUT2D eigenvalue weighted by molar-refractivity contribution is 0.102. The number of carbonyl (C=O) groups is 1. The average molecular weight is 397 g/mol. The maximum Gasteiger partial charge on any atom is 0.259 e. The number of hydrogen-bond acceptors (Lipinski definition) is 7. The van der Waals surface area contributed by atoms with Gasteiger partial charge in [0, 0.05) is 11.3 Å². The van der Waals surface area contributed by atoms with Crippen molar-refractivity contribution in [1.29, 1.82) is 0 Å². The number of benzene rings is 2. The average Bonchev–Trinajstić information content (AvgIpc) is 3.45. The van der Waals surface area contributed by atoms with Crippen LogP contribution in [0.3, 0.4) is 0 Å². The fourth-order valence-electron chi connectivity index (χ4n) is 3.21. The molecule has 0 spiro atoms. The summed E-state index contributed by atoms with van der Waals surface area (Å²) < 4.78 is 6.88. The van der Waals surface area contributed by atoms with E-state index >= 15 is 0 Å². The summed E-state index contributed by atoms with van der Waals surface area (Å²) in [6.45, 7) is 1.79. The van der Waals surface area contributed by atoms with Crippen LogP contribution < -0.4 is 5.32 Å². The molecule has 1 amide bonds. The van der Waals surface area contributed by atoms with Crippen molar-refractivity contribution in [3.05, 3.63) is 78.2 Å².